The van der Waals surface area contributed by atoms with Crippen molar-refractivity contribution in [2.75, 3.05) is 6.26 Å². The average molecular weight is 191 g/mol. The van der Waals surface area contributed by atoms with Crippen molar-refractivity contribution in [1.82, 2.24) is 9.97 Å². The van der Waals surface area contributed by atoms with E-state index in [4.69, 9.17) is 11.6 Å². The molecule has 11 heavy (non-hydrogen) atoms. The highest BCUT2D eigenvalue weighted by Crippen LogP contribution is 2.07. The molecule has 0 aromatic carbocycles. The first kappa shape index (κ1) is 8.62. The SMILES string of the molecule is Cc1cc(Cl)nc(S(C)=O)n1. The zero-order valence-corrected chi connectivity index (χ0v) is 7.74. The number of aryl methyl sites for hydroxylation is 1. The Hall–Kier alpha value is -0.480. The number of aromatic nitrogens is 2. The molecule has 0 aliphatic rings. The molecule has 0 aliphatic carbocycles. The lowest BCUT2D eigenvalue weighted by Gasteiger charge is -1.96. The van der Waals surface area contributed by atoms with E-state index in [-0.39, 0.29) is 5.16 Å². The minimum atomic E-state index is -1.16. The van der Waals surface area contributed by atoms with Crippen LogP contribution >= 0.6 is 11.6 Å². The van der Waals surface area contributed by atoms with Crippen molar-refractivity contribution in [3.63, 3.8) is 0 Å². The van der Waals surface area contributed by atoms with Crippen molar-refractivity contribution in [3.05, 3.63) is 16.9 Å². The largest absolute Gasteiger partial charge is 0.251 e. The minimum Gasteiger partial charge on any atom is -0.251 e. The first-order valence-electron chi connectivity index (χ1n) is 2.94. The zero-order valence-electron chi connectivity index (χ0n) is 6.17. The van der Waals surface area contributed by atoms with Crippen LogP contribution < -0.4 is 0 Å². The molecule has 0 fully saturated rings. The number of hydrogen-bond acceptors (Lipinski definition) is 3. The van der Waals surface area contributed by atoms with Crippen LogP contribution in [0.4, 0.5) is 0 Å². The molecule has 0 N–H and O–H groups in total. The lowest BCUT2D eigenvalue weighted by atomic mass is 10.5. The van der Waals surface area contributed by atoms with Gasteiger partial charge in [-0.15, -0.1) is 0 Å². The molecule has 1 rings (SSSR count). The van der Waals surface area contributed by atoms with Crippen molar-refractivity contribution >= 4 is 22.4 Å². The molecular weight excluding hydrogens is 184 g/mol. The van der Waals surface area contributed by atoms with E-state index in [0.29, 0.717) is 5.15 Å². The summed E-state index contributed by atoms with van der Waals surface area (Å²) in [6.45, 7) is 1.78. The highest BCUT2D eigenvalue weighted by atomic mass is 35.5. The maximum absolute atomic E-state index is 10.9. The van der Waals surface area contributed by atoms with Crippen LogP contribution in [-0.2, 0) is 10.8 Å². The molecule has 1 atom stereocenters. The van der Waals surface area contributed by atoms with Crippen LogP contribution in [0.25, 0.3) is 0 Å². The second-order valence-corrected chi connectivity index (χ2v) is 3.73. The third kappa shape index (κ3) is 2.24. The van der Waals surface area contributed by atoms with Crippen molar-refractivity contribution in [2.24, 2.45) is 0 Å². The highest BCUT2D eigenvalue weighted by Gasteiger charge is 2.02. The van der Waals surface area contributed by atoms with Crippen molar-refractivity contribution in [2.45, 2.75) is 12.1 Å². The summed E-state index contributed by atoms with van der Waals surface area (Å²) in [5.41, 5.74) is 0.732. The van der Waals surface area contributed by atoms with E-state index in [9.17, 15) is 4.21 Å². The summed E-state index contributed by atoms with van der Waals surface area (Å²) in [5.74, 6) is 0. The second-order valence-electron chi connectivity index (χ2n) is 2.07. The molecule has 0 aliphatic heterocycles. The van der Waals surface area contributed by atoms with Gasteiger partial charge in [0, 0.05) is 11.9 Å². The molecule has 0 amide bonds. The molecule has 0 bridgehead atoms. The summed E-state index contributed by atoms with van der Waals surface area (Å²) in [6, 6.07) is 1.62. The molecule has 1 aromatic heterocycles. The Labute approximate surface area is 72.3 Å². The fourth-order valence-electron chi connectivity index (χ4n) is 0.633. The monoisotopic (exact) mass is 190 g/mol. The summed E-state index contributed by atoms with van der Waals surface area (Å²) in [6.07, 6.45) is 1.52. The Balaban J connectivity index is 3.19. The molecular formula is C6H7ClN2OS. The molecule has 5 heteroatoms. The zero-order chi connectivity index (χ0) is 8.43. The van der Waals surface area contributed by atoms with Gasteiger partial charge in [-0.25, -0.2) is 9.97 Å². The molecule has 3 nitrogen and oxygen atoms in total. The van der Waals surface area contributed by atoms with Gasteiger partial charge < -0.3 is 0 Å². The van der Waals surface area contributed by atoms with Gasteiger partial charge >= 0.3 is 0 Å². The molecule has 1 heterocycles. The van der Waals surface area contributed by atoms with Crippen LogP contribution in [0.3, 0.4) is 0 Å². The summed E-state index contributed by atoms with van der Waals surface area (Å²) in [5, 5.41) is 0.623. The van der Waals surface area contributed by atoms with Gasteiger partial charge in [0.2, 0.25) is 5.16 Å². The van der Waals surface area contributed by atoms with Gasteiger partial charge in [0.15, 0.2) is 0 Å². The number of halogens is 1. The fraction of sp³-hybridized carbons (Fsp3) is 0.333. The molecule has 1 aromatic rings. The van der Waals surface area contributed by atoms with Crippen LogP contribution in [0.2, 0.25) is 5.15 Å². The van der Waals surface area contributed by atoms with E-state index in [1.54, 1.807) is 13.0 Å². The number of hydrogen-bond donors (Lipinski definition) is 0. The summed E-state index contributed by atoms with van der Waals surface area (Å²) in [4.78, 5) is 7.73. The molecule has 0 spiro atoms. The average Bonchev–Trinajstić information content (AvgIpc) is 1.85. The fourth-order valence-corrected chi connectivity index (χ4v) is 1.42. The van der Waals surface area contributed by atoms with Gasteiger partial charge in [0.1, 0.15) is 5.15 Å². The Morgan fingerprint density at radius 2 is 2.18 bits per heavy atom. The first-order chi connectivity index (χ1) is 5.09. The smallest absolute Gasteiger partial charge is 0.219 e. The lowest BCUT2D eigenvalue weighted by molar-refractivity contribution is 0.679. The van der Waals surface area contributed by atoms with E-state index >= 15 is 0 Å². The van der Waals surface area contributed by atoms with Crippen LogP contribution in [0.1, 0.15) is 5.69 Å². The van der Waals surface area contributed by atoms with Gasteiger partial charge in [0.25, 0.3) is 0 Å². The van der Waals surface area contributed by atoms with Gasteiger partial charge in [0.05, 0.1) is 10.8 Å². The minimum absolute atomic E-state index is 0.287. The number of nitrogens with zero attached hydrogens (tertiary/aromatic N) is 2. The van der Waals surface area contributed by atoms with Crippen molar-refractivity contribution < 1.29 is 4.21 Å². The third-order valence-corrected chi connectivity index (χ3v) is 1.95. The maximum Gasteiger partial charge on any atom is 0.219 e. The van der Waals surface area contributed by atoms with Gasteiger partial charge in [-0.05, 0) is 13.0 Å². The molecule has 1 unspecified atom stereocenters. The predicted molar refractivity (Wildman–Crippen MR) is 44.1 cm³/mol. The van der Waals surface area contributed by atoms with Crippen LogP contribution in [0.15, 0.2) is 11.2 Å². The first-order valence-corrected chi connectivity index (χ1v) is 4.88. The summed E-state index contributed by atoms with van der Waals surface area (Å²) < 4.78 is 10.9. The van der Waals surface area contributed by atoms with Crippen molar-refractivity contribution in [3.8, 4) is 0 Å². The van der Waals surface area contributed by atoms with Crippen LogP contribution in [0.5, 0.6) is 0 Å². The molecule has 0 radical (unpaired) electrons. The van der Waals surface area contributed by atoms with E-state index in [0.717, 1.165) is 5.69 Å². The normalized spacial score (nSPS) is 13.0. The topological polar surface area (TPSA) is 42.9 Å². The summed E-state index contributed by atoms with van der Waals surface area (Å²) >= 11 is 5.61. The Morgan fingerprint density at radius 1 is 1.55 bits per heavy atom. The highest BCUT2D eigenvalue weighted by molar-refractivity contribution is 7.84. The van der Waals surface area contributed by atoms with Gasteiger partial charge in [-0.2, -0.15) is 0 Å². The van der Waals surface area contributed by atoms with Crippen molar-refractivity contribution in [1.29, 1.82) is 0 Å². The van der Waals surface area contributed by atoms with Crippen LogP contribution in [-0.4, -0.2) is 20.4 Å². The maximum atomic E-state index is 10.9. The molecule has 60 valence electrons. The summed E-state index contributed by atoms with van der Waals surface area (Å²) in [7, 11) is -1.16. The van der Waals surface area contributed by atoms with Gasteiger partial charge in [-0.3, -0.25) is 4.21 Å². The molecule has 0 saturated heterocycles. The Morgan fingerprint density at radius 3 is 2.64 bits per heavy atom. The second kappa shape index (κ2) is 3.28. The van der Waals surface area contributed by atoms with Crippen LogP contribution in [0, 0.1) is 6.92 Å². The Kier molecular flexibility index (Phi) is 2.57. The number of rotatable bonds is 1. The van der Waals surface area contributed by atoms with E-state index < -0.39 is 10.8 Å². The lowest BCUT2D eigenvalue weighted by Crippen LogP contribution is -1.98. The molecule has 0 saturated carbocycles. The predicted octanol–water partition coefficient (Wildman–Crippen LogP) is 1.18. The standard InChI is InChI=1S/C6H7ClN2OS/c1-4-3-5(7)9-6(8-4)11(2)10/h3H,1-2H3. The van der Waals surface area contributed by atoms with E-state index in [1.165, 1.54) is 6.26 Å². The van der Waals surface area contributed by atoms with E-state index in [1.807, 2.05) is 0 Å². The van der Waals surface area contributed by atoms with E-state index in [2.05, 4.69) is 9.97 Å². The third-order valence-electron chi connectivity index (χ3n) is 1.06. The Bertz CT molecular complexity index is 282. The van der Waals surface area contributed by atoms with Gasteiger partial charge in [-0.1, -0.05) is 11.6 Å². The quantitative estimate of drug-likeness (QED) is 0.493.